The lowest BCUT2D eigenvalue weighted by atomic mass is 10.2. The molecule has 0 saturated carbocycles. The molecule has 0 saturated heterocycles. The maximum atomic E-state index is 13.0. The van der Waals surface area contributed by atoms with Gasteiger partial charge in [-0.15, -0.1) is 5.10 Å². The number of aromatic nitrogens is 3. The summed E-state index contributed by atoms with van der Waals surface area (Å²) in [6, 6.07) is 26.2. The van der Waals surface area contributed by atoms with Crippen LogP contribution < -0.4 is 5.32 Å². The molecule has 0 amide bonds. The van der Waals surface area contributed by atoms with E-state index in [1.165, 1.54) is 4.68 Å². The SMILES string of the molecule is O=C(c1ccc(Cl)cc1)n1nc(-c2ccccc2)nc1NCc1ccccc1. The number of nitrogens with one attached hydrogen (secondary N) is 1. The van der Waals surface area contributed by atoms with Crippen molar-refractivity contribution >= 4 is 23.5 Å². The third-order valence-corrected chi connectivity index (χ3v) is 4.47. The highest BCUT2D eigenvalue weighted by Gasteiger charge is 2.18. The van der Waals surface area contributed by atoms with E-state index in [1.807, 2.05) is 60.7 Å². The second kappa shape index (κ2) is 8.06. The lowest BCUT2D eigenvalue weighted by Crippen LogP contribution is -2.17. The molecule has 1 aromatic heterocycles. The summed E-state index contributed by atoms with van der Waals surface area (Å²) < 4.78 is 1.30. The van der Waals surface area contributed by atoms with Crippen molar-refractivity contribution in [3.63, 3.8) is 0 Å². The minimum absolute atomic E-state index is 0.276. The molecular formula is C22H17ClN4O. The van der Waals surface area contributed by atoms with Crippen molar-refractivity contribution in [1.82, 2.24) is 14.8 Å². The fraction of sp³-hybridized carbons (Fsp3) is 0.0455. The predicted octanol–water partition coefficient (Wildman–Crippen LogP) is 4.90. The third kappa shape index (κ3) is 3.94. The standard InChI is InChI=1S/C22H17ClN4O/c23-19-13-11-18(12-14-19)21(28)27-22(24-15-16-7-3-1-4-8-16)25-20(26-27)17-9-5-2-6-10-17/h1-14H,15H2,(H,24,25,26). The van der Waals surface area contributed by atoms with Crippen molar-refractivity contribution in [3.8, 4) is 11.4 Å². The Morgan fingerprint density at radius 3 is 2.21 bits per heavy atom. The first-order valence-corrected chi connectivity index (χ1v) is 9.19. The van der Waals surface area contributed by atoms with E-state index in [0.29, 0.717) is 28.9 Å². The molecular weight excluding hydrogens is 372 g/mol. The minimum Gasteiger partial charge on any atom is -0.350 e. The maximum Gasteiger partial charge on any atom is 0.281 e. The molecule has 3 aromatic carbocycles. The van der Waals surface area contributed by atoms with Gasteiger partial charge in [-0.3, -0.25) is 4.79 Å². The van der Waals surface area contributed by atoms with E-state index < -0.39 is 0 Å². The number of nitrogens with zero attached hydrogens (tertiary/aromatic N) is 3. The molecule has 0 spiro atoms. The molecule has 0 aliphatic carbocycles. The molecule has 0 aliphatic heterocycles. The van der Waals surface area contributed by atoms with Crippen molar-refractivity contribution in [1.29, 1.82) is 0 Å². The van der Waals surface area contributed by atoms with Crippen LogP contribution >= 0.6 is 11.6 Å². The van der Waals surface area contributed by atoms with Gasteiger partial charge >= 0.3 is 0 Å². The Bertz CT molecular complexity index is 1080. The number of hydrogen-bond acceptors (Lipinski definition) is 4. The molecule has 4 rings (SSSR count). The van der Waals surface area contributed by atoms with Crippen LogP contribution in [0.2, 0.25) is 5.02 Å². The average Bonchev–Trinajstić information content (AvgIpc) is 3.18. The van der Waals surface area contributed by atoms with Crippen LogP contribution in [-0.4, -0.2) is 20.7 Å². The molecule has 138 valence electrons. The van der Waals surface area contributed by atoms with Gasteiger partial charge in [-0.1, -0.05) is 72.3 Å². The molecule has 0 radical (unpaired) electrons. The van der Waals surface area contributed by atoms with Crippen molar-refractivity contribution in [2.45, 2.75) is 6.54 Å². The van der Waals surface area contributed by atoms with E-state index in [2.05, 4.69) is 15.4 Å². The Morgan fingerprint density at radius 1 is 0.893 bits per heavy atom. The predicted molar refractivity (Wildman–Crippen MR) is 110 cm³/mol. The third-order valence-electron chi connectivity index (χ3n) is 4.22. The van der Waals surface area contributed by atoms with E-state index >= 15 is 0 Å². The van der Waals surface area contributed by atoms with Gasteiger partial charge in [0.15, 0.2) is 5.82 Å². The van der Waals surface area contributed by atoms with E-state index in [1.54, 1.807) is 24.3 Å². The van der Waals surface area contributed by atoms with Gasteiger partial charge in [0, 0.05) is 22.7 Å². The van der Waals surface area contributed by atoms with Crippen LogP contribution in [0.3, 0.4) is 0 Å². The summed E-state index contributed by atoms with van der Waals surface area (Å²) in [6.45, 7) is 0.529. The normalized spacial score (nSPS) is 10.6. The molecule has 5 nitrogen and oxygen atoms in total. The van der Waals surface area contributed by atoms with Gasteiger partial charge in [0.1, 0.15) is 0 Å². The van der Waals surface area contributed by atoms with Crippen molar-refractivity contribution in [2.75, 3.05) is 5.32 Å². The van der Waals surface area contributed by atoms with Gasteiger partial charge in [0.2, 0.25) is 5.95 Å². The summed E-state index contributed by atoms with van der Waals surface area (Å²) in [7, 11) is 0. The van der Waals surface area contributed by atoms with Crippen LogP contribution in [0.15, 0.2) is 84.9 Å². The zero-order valence-electron chi connectivity index (χ0n) is 14.9. The van der Waals surface area contributed by atoms with Crippen LogP contribution in [0.5, 0.6) is 0 Å². The summed E-state index contributed by atoms with van der Waals surface area (Å²) in [4.78, 5) is 17.6. The zero-order chi connectivity index (χ0) is 19.3. The highest BCUT2D eigenvalue weighted by atomic mass is 35.5. The number of hydrogen-bond donors (Lipinski definition) is 1. The van der Waals surface area contributed by atoms with Gasteiger partial charge in [-0.05, 0) is 29.8 Å². The van der Waals surface area contributed by atoms with Gasteiger partial charge in [-0.25, -0.2) is 0 Å². The van der Waals surface area contributed by atoms with Gasteiger partial charge in [-0.2, -0.15) is 9.67 Å². The first-order chi connectivity index (χ1) is 13.7. The van der Waals surface area contributed by atoms with Gasteiger partial charge in [0.05, 0.1) is 0 Å². The van der Waals surface area contributed by atoms with Crippen LogP contribution in [0.25, 0.3) is 11.4 Å². The summed E-state index contributed by atoms with van der Waals surface area (Å²) in [5.41, 5.74) is 2.40. The number of halogens is 1. The Morgan fingerprint density at radius 2 is 1.54 bits per heavy atom. The summed E-state index contributed by atoms with van der Waals surface area (Å²) in [5.74, 6) is 0.600. The van der Waals surface area contributed by atoms with E-state index in [0.717, 1.165) is 11.1 Å². The zero-order valence-corrected chi connectivity index (χ0v) is 15.7. The molecule has 6 heteroatoms. The lowest BCUT2D eigenvalue weighted by molar-refractivity contribution is 0.0947. The fourth-order valence-corrected chi connectivity index (χ4v) is 2.90. The first-order valence-electron chi connectivity index (χ1n) is 8.81. The molecule has 1 N–H and O–H groups in total. The Hall–Kier alpha value is -3.44. The van der Waals surface area contributed by atoms with Crippen LogP contribution in [0.1, 0.15) is 15.9 Å². The van der Waals surface area contributed by atoms with Crippen LogP contribution in [-0.2, 0) is 6.54 Å². The Labute approximate surface area is 167 Å². The molecule has 0 aliphatic rings. The summed E-state index contributed by atoms with van der Waals surface area (Å²) in [6.07, 6.45) is 0. The summed E-state index contributed by atoms with van der Waals surface area (Å²) in [5, 5.41) is 8.25. The molecule has 0 bridgehead atoms. The van der Waals surface area contributed by atoms with E-state index in [4.69, 9.17) is 11.6 Å². The highest BCUT2D eigenvalue weighted by molar-refractivity contribution is 6.30. The quantitative estimate of drug-likeness (QED) is 0.528. The van der Waals surface area contributed by atoms with E-state index in [-0.39, 0.29) is 5.91 Å². The monoisotopic (exact) mass is 388 g/mol. The van der Waals surface area contributed by atoms with Crippen molar-refractivity contribution in [3.05, 3.63) is 101 Å². The number of rotatable bonds is 5. The minimum atomic E-state index is -0.276. The number of benzene rings is 3. The Kier molecular flexibility index (Phi) is 5.17. The number of anilines is 1. The van der Waals surface area contributed by atoms with Crippen LogP contribution in [0, 0.1) is 0 Å². The molecule has 0 fully saturated rings. The van der Waals surface area contributed by atoms with Crippen molar-refractivity contribution < 1.29 is 4.79 Å². The van der Waals surface area contributed by atoms with Gasteiger partial charge in [0.25, 0.3) is 5.91 Å². The fourth-order valence-electron chi connectivity index (χ4n) is 2.77. The Balaban J connectivity index is 1.69. The van der Waals surface area contributed by atoms with Crippen LogP contribution in [0.4, 0.5) is 5.95 Å². The smallest absolute Gasteiger partial charge is 0.281 e. The highest BCUT2D eigenvalue weighted by Crippen LogP contribution is 2.20. The first kappa shape index (κ1) is 17.9. The molecule has 0 atom stereocenters. The van der Waals surface area contributed by atoms with Crippen molar-refractivity contribution in [2.24, 2.45) is 0 Å². The number of carbonyl (C=O) groups excluding carboxylic acids is 1. The number of carbonyl (C=O) groups is 1. The summed E-state index contributed by atoms with van der Waals surface area (Å²) >= 11 is 5.94. The average molecular weight is 389 g/mol. The second-order valence-corrected chi connectivity index (χ2v) is 6.62. The molecule has 1 heterocycles. The topological polar surface area (TPSA) is 59.8 Å². The molecule has 0 unspecified atom stereocenters. The largest absolute Gasteiger partial charge is 0.350 e. The molecule has 28 heavy (non-hydrogen) atoms. The van der Waals surface area contributed by atoms with E-state index in [9.17, 15) is 4.79 Å². The second-order valence-electron chi connectivity index (χ2n) is 6.19. The maximum absolute atomic E-state index is 13.0. The molecule has 4 aromatic rings. The van der Waals surface area contributed by atoms with Gasteiger partial charge < -0.3 is 5.32 Å². The lowest BCUT2D eigenvalue weighted by Gasteiger charge is -2.07.